The molecule has 3 aromatic carbocycles. The van der Waals surface area contributed by atoms with E-state index in [4.69, 9.17) is 4.74 Å². The Morgan fingerprint density at radius 3 is 2.33 bits per heavy atom. The van der Waals surface area contributed by atoms with Crippen molar-refractivity contribution in [3.8, 4) is 5.75 Å². The number of halogens is 3. The second kappa shape index (κ2) is 8.81. The van der Waals surface area contributed by atoms with E-state index in [9.17, 15) is 4.39 Å². The molecular weight excluding hydrogens is 473 g/mol. The van der Waals surface area contributed by atoms with E-state index in [1.807, 2.05) is 30.5 Å². The first kappa shape index (κ1) is 19.8. The Bertz CT molecular complexity index is 961. The Morgan fingerprint density at radius 2 is 1.67 bits per heavy atom. The SMILES string of the molecule is Cc1cccc(N=Cc2cc(Br)c(OCc3ccc(F)cc3)c(Br)c2)c1C. The van der Waals surface area contributed by atoms with Crippen LogP contribution in [0.3, 0.4) is 0 Å². The molecule has 0 heterocycles. The number of benzene rings is 3. The van der Waals surface area contributed by atoms with Crippen molar-refractivity contribution in [3.05, 3.63) is 91.6 Å². The van der Waals surface area contributed by atoms with Crippen LogP contribution in [0, 0.1) is 19.7 Å². The number of rotatable bonds is 5. The third kappa shape index (κ3) is 5.05. The van der Waals surface area contributed by atoms with E-state index < -0.39 is 0 Å². The predicted molar refractivity (Wildman–Crippen MR) is 116 cm³/mol. The highest BCUT2D eigenvalue weighted by molar-refractivity contribution is 9.11. The molecule has 0 bridgehead atoms. The van der Waals surface area contributed by atoms with Gasteiger partial charge in [0, 0.05) is 6.21 Å². The van der Waals surface area contributed by atoms with Gasteiger partial charge in [-0.05, 0) is 98.3 Å². The second-order valence-corrected chi connectivity index (χ2v) is 7.91. The number of hydrogen-bond acceptors (Lipinski definition) is 2. The Labute approximate surface area is 175 Å². The average Bonchev–Trinajstić information content (AvgIpc) is 2.64. The van der Waals surface area contributed by atoms with Crippen LogP contribution in [0.15, 0.2) is 68.5 Å². The van der Waals surface area contributed by atoms with Gasteiger partial charge in [0.05, 0.1) is 14.6 Å². The summed E-state index contributed by atoms with van der Waals surface area (Å²) in [4.78, 5) is 4.61. The van der Waals surface area contributed by atoms with E-state index in [1.165, 1.54) is 23.3 Å². The molecule has 5 heteroatoms. The lowest BCUT2D eigenvalue weighted by Gasteiger charge is -2.11. The fraction of sp³-hybridized carbons (Fsp3) is 0.136. The summed E-state index contributed by atoms with van der Waals surface area (Å²) >= 11 is 7.12. The number of nitrogens with zero attached hydrogens (tertiary/aromatic N) is 1. The van der Waals surface area contributed by atoms with Crippen molar-refractivity contribution in [2.75, 3.05) is 0 Å². The zero-order valence-electron chi connectivity index (χ0n) is 15.0. The van der Waals surface area contributed by atoms with Crippen molar-refractivity contribution in [1.82, 2.24) is 0 Å². The van der Waals surface area contributed by atoms with E-state index in [2.05, 4.69) is 56.8 Å². The minimum atomic E-state index is -0.256. The third-order valence-electron chi connectivity index (χ3n) is 4.25. The lowest BCUT2D eigenvalue weighted by molar-refractivity contribution is 0.302. The number of hydrogen-bond donors (Lipinski definition) is 0. The van der Waals surface area contributed by atoms with Crippen molar-refractivity contribution in [2.45, 2.75) is 20.5 Å². The summed E-state index contributed by atoms with van der Waals surface area (Å²) in [5.74, 6) is 0.441. The van der Waals surface area contributed by atoms with Gasteiger partial charge in [-0.25, -0.2) is 4.39 Å². The summed E-state index contributed by atoms with van der Waals surface area (Å²) in [6.07, 6.45) is 1.83. The Kier molecular flexibility index (Phi) is 6.45. The molecule has 0 fully saturated rings. The van der Waals surface area contributed by atoms with Crippen LogP contribution in [0.25, 0.3) is 0 Å². The summed E-state index contributed by atoms with van der Waals surface area (Å²) in [6, 6.07) is 16.3. The van der Waals surface area contributed by atoms with Gasteiger partial charge in [0.1, 0.15) is 18.2 Å². The smallest absolute Gasteiger partial charge is 0.148 e. The van der Waals surface area contributed by atoms with E-state index in [-0.39, 0.29) is 5.82 Å². The minimum Gasteiger partial charge on any atom is -0.487 e. The zero-order valence-corrected chi connectivity index (χ0v) is 18.1. The van der Waals surface area contributed by atoms with Gasteiger partial charge < -0.3 is 4.74 Å². The Morgan fingerprint density at radius 1 is 1.00 bits per heavy atom. The highest BCUT2D eigenvalue weighted by Gasteiger charge is 2.09. The summed E-state index contributed by atoms with van der Waals surface area (Å²) in [7, 11) is 0. The van der Waals surface area contributed by atoms with Crippen LogP contribution in [0.2, 0.25) is 0 Å². The molecule has 27 heavy (non-hydrogen) atoms. The lowest BCUT2D eigenvalue weighted by Crippen LogP contribution is -1.98. The predicted octanol–water partition coefficient (Wildman–Crippen LogP) is 7.30. The van der Waals surface area contributed by atoms with Gasteiger partial charge in [-0.1, -0.05) is 24.3 Å². The van der Waals surface area contributed by atoms with Crippen LogP contribution in [0.1, 0.15) is 22.3 Å². The molecule has 0 atom stereocenters. The second-order valence-electron chi connectivity index (χ2n) is 6.21. The molecule has 0 radical (unpaired) electrons. The Hall–Kier alpha value is -1.98. The fourth-order valence-corrected chi connectivity index (χ4v) is 4.00. The van der Waals surface area contributed by atoms with Crippen molar-refractivity contribution in [2.24, 2.45) is 4.99 Å². The highest BCUT2D eigenvalue weighted by Crippen LogP contribution is 2.35. The lowest BCUT2D eigenvalue weighted by atomic mass is 10.1. The highest BCUT2D eigenvalue weighted by atomic mass is 79.9. The molecule has 0 aromatic heterocycles. The van der Waals surface area contributed by atoms with Gasteiger partial charge in [0.25, 0.3) is 0 Å². The third-order valence-corrected chi connectivity index (χ3v) is 5.42. The van der Waals surface area contributed by atoms with Crippen LogP contribution in [-0.4, -0.2) is 6.21 Å². The monoisotopic (exact) mass is 489 g/mol. The van der Waals surface area contributed by atoms with Gasteiger partial charge >= 0.3 is 0 Å². The topological polar surface area (TPSA) is 21.6 Å². The van der Waals surface area contributed by atoms with Crippen LogP contribution in [-0.2, 0) is 6.61 Å². The number of ether oxygens (including phenoxy) is 1. The Balaban J connectivity index is 1.77. The molecule has 0 saturated carbocycles. The molecule has 0 aliphatic rings. The largest absolute Gasteiger partial charge is 0.487 e. The van der Waals surface area contributed by atoms with E-state index in [1.54, 1.807) is 12.1 Å². The fourth-order valence-electron chi connectivity index (χ4n) is 2.55. The molecule has 2 nitrogen and oxygen atoms in total. The maximum atomic E-state index is 13.0. The molecule has 0 aliphatic heterocycles. The maximum Gasteiger partial charge on any atom is 0.148 e. The first-order chi connectivity index (χ1) is 12.9. The molecule has 0 amide bonds. The summed E-state index contributed by atoms with van der Waals surface area (Å²) in [5.41, 5.74) is 5.20. The van der Waals surface area contributed by atoms with Crippen LogP contribution < -0.4 is 4.74 Å². The first-order valence-corrected chi connectivity index (χ1v) is 9.99. The van der Waals surface area contributed by atoms with Crippen LogP contribution in [0.5, 0.6) is 5.75 Å². The van der Waals surface area contributed by atoms with Crippen LogP contribution >= 0.6 is 31.9 Å². The van der Waals surface area contributed by atoms with E-state index in [0.29, 0.717) is 12.4 Å². The van der Waals surface area contributed by atoms with Crippen molar-refractivity contribution in [3.63, 3.8) is 0 Å². The molecule has 3 aromatic rings. The molecule has 0 unspecified atom stereocenters. The van der Waals surface area contributed by atoms with Gasteiger partial charge in [-0.15, -0.1) is 0 Å². The molecular formula is C22H18Br2FNO. The van der Waals surface area contributed by atoms with Gasteiger partial charge in [0.15, 0.2) is 0 Å². The molecule has 0 saturated heterocycles. The number of aliphatic imine (C=N–C) groups is 1. The van der Waals surface area contributed by atoms with E-state index in [0.717, 1.165) is 25.8 Å². The zero-order chi connectivity index (χ0) is 19.4. The standard InChI is InChI=1S/C22H18Br2FNO/c1-14-4-3-5-21(15(14)2)26-12-17-10-19(23)22(20(24)11-17)27-13-16-6-8-18(25)9-7-16/h3-12H,13H2,1-2H3. The molecule has 0 aliphatic carbocycles. The quantitative estimate of drug-likeness (QED) is 0.344. The molecule has 0 spiro atoms. The molecule has 138 valence electrons. The first-order valence-electron chi connectivity index (χ1n) is 8.40. The van der Waals surface area contributed by atoms with Gasteiger partial charge in [-0.2, -0.15) is 0 Å². The van der Waals surface area contributed by atoms with Crippen LogP contribution in [0.4, 0.5) is 10.1 Å². The van der Waals surface area contributed by atoms with Crippen molar-refractivity contribution in [1.29, 1.82) is 0 Å². The maximum absolute atomic E-state index is 13.0. The summed E-state index contributed by atoms with van der Waals surface area (Å²) < 4.78 is 20.5. The van der Waals surface area contributed by atoms with E-state index >= 15 is 0 Å². The molecule has 3 rings (SSSR count). The summed E-state index contributed by atoms with van der Waals surface area (Å²) in [5, 5.41) is 0. The van der Waals surface area contributed by atoms with Gasteiger partial charge in [0.2, 0.25) is 0 Å². The van der Waals surface area contributed by atoms with Gasteiger partial charge in [-0.3, -0.25) is 4.99 Å². The number of aryl methyl sites for hydroxylation is 1. The minimum absolute atomic E-state index is 0.256. The van der Waals surface area contributed by atoms with Crippen molar-refractivity contribution >= 4 is 43.8 Å². The summed E-state index contributed by atoms with van der Waals surface area (Å²) in [6.45, 7) is 4.50. The van der Waals surface area contributed by atoms with Crippen molar-refractivity contribution < 1.29 is 9.13 Å². The molecule has 0 N–H and O–H groups in total. The average molecular weight is 491 g/mol. The normalized spacial score (nSPS) is 11.1.